The lowest BCUT2D eigenvalue weighted by Crippen LogP contribution is -2.45. The summed E-state index contributed by atoms with van der Waals surface area (Å²) in [5, 5.41) is 13.3. The van der Waals surface area contributed by atoms with Crippen molar-refractivity contribution >= 4 is 0 Å². The summed E-state index contributed by atoms with van der Waals surface area (Å²) in [6.45, 7) is 10.6. The molecule has 1 aliphatic heterocycles. The monoisotopic (exact) mass is 305 g/mol. The van der Waals surface area contributed by atoms with Crippen molar-refractivity contribution in [3.63, 3.8) is 0 Å². The van der Waals surface area contributed by atoms with Crippen molar-refractivity contribution in [1.29, 1.82) is 0 Å². The van der Waals surface area contributed by atoms with Crippen LogP contribution in [0, 0.1) is 5.41 Å². The molecule has 0 bridgehead atoms. The van der Waals surface area contributed by atoms with Crippen LogP contribution in [0.2, 0.25) is 0 Å². The van der Waals surface area contributed by atoms with E-state index in [9.17, 15) is 5.11 Å². The van der Waals surface area contributed by atoms with Gasteiger partial charge in [-0.05, 0) is 62.4 Å². The van der Waals surface area contributed by atoms with Crippen LogP contribution < -0.4 is 5.32 Å². The Bertz CT molecular complexity index is 425. The molecular formula is C18H31N3O. The van der Waals surface area contributed by atoms with E-state index in [4.69, 9.17) is 0 Å². The number of rotatable bonds is 7. The lowest BCUT2D eigenvalue weighted by Gasteiger charge is -2.35. The van der Waals surface area contributed by atoms with Gasteiger partial charge >= 0.3 is 0 Å². The highest BCUT2D eigenvalue weighted by atomic mass is 16.3. The standard InChI is InChI=1S/C18H31N3O/c1-15(22)12-18(2,3)14-20-17-6-10-21(11-7-17)13-16-4-8-19-9-5-16/h4-5,8-9,15,17,20,22H,6-7,10-14H2,1-3H3. The molecule has 2 heterocycles. The van der Waals surface area contributed by atoms with Gasteiger partial charge in [0.05, 0.1) is 6.10 Å². The summed E-state index contributed by atoms with van der Waals surface area (Å²) in [6.07, 6.45) is 6.77. The predicted octanol–water partition coefficient (Wildman–Crippen LogP) is 2.43. The molecule has 1 atom stereocenters. The van der Waals surface area contributed by atoms with Gasteiger partial charge in [0.25, 0.3) is 0 Å². The molecule has 1 fully saturated rings. The van der Waals surface area contributed by atoms with Crippen LogP contribution in [0.15, 0.2) is 24.5 Å². The van der Waals surface area contributed by atoms with Crippen molar-refractivity contribution in [1.82, 2.24) is 15.2 Å². The summed E-state index contributed by atoms with van der Waals surface area (Å²) < 4.78 is 0. The Morgan fingerprint density at radius 3 is 2.55 bits per heavy atom. The molecule has 0 amide bonds. The van der Waals surface area contributed by atoms with Crippen molar-refractivity contribution in [3.8, 4) is 0 Å². The Balaban J connectivity index is 1.69. The van der Waals surface area contributed by atoms with Crippen LogP contribution in [0.3, 0.4) is 0 Å². The Kier molecular flexibility index (Phi) is 6.36. The molecule has 4 heteroatoms. The van der Waals surface area contributed by atoms with Gasteiger partial charge < -0.3 is 10.4 Å². The molecule has 4 nitrogen and oxygen atoms in total. The Morgan fingerprint density at radius 2 is 1.95 bits per heavy atom. The average Bonchev–Trinajstić information content (AvgIpc) is 2.46. The van der Waals surface area contributed by atoms with E-state index in [-0.39, 0.29) is 11.5 Å². The maximum atomic E-state index is 9.56. The first-order valence-electron chi connectivity index (χ1n) is 8.47. The van der Waals surface area contributed by atoms with Crippen molar-refractivity contribution in [3.05, 3.63) is 30.1 Å². The molecule has 1 aliphatic rings. The minimum absolute atomic E-state index is 0.155. The first-order chi connectivity index (χ1) is 10.4. The third kappa shape index (κ3) is 6.03. The molecule has 0 aliphatic carbocycles. The van der Waals surface area contributed by atoms with Gasteiger partial charge in [-0.15, -0.1) is 0 Å². The molecule has 0 radical (unpaired) electrons. The van der Waals surface area contributed by atoms with Crippen molar-refractivity contribution in [2.75, 3.05) is 19.6 Å². The third-order valence-corrected chi connectivity index (χ3v) is 4.46. The van der Waals surface area contributed by atoms with Crippen LogP contribution >= 0.6 is 0 Å². The van der Waals surface area contributed by atoms with Crippen LogP contribution in [-0.2, 0) is 6.54 Å². The number of aliphatic hydroxyl groups excluding tert-OH is 1. The Morgan fingerprint density at radius 1 is 1.32 bits per heavy atom. The smallest absolute Gasteiger partial charge is 0.0517 e. The van der Waals surface area contributed by atoms with Gasteiger partial charge in [-0.3, -0.25) is 9.88 Å². The largest absolute Gasteiger partial charge is 0.393 e. The zero-order chi connectivity index (χ0) is 16.0. The van der Waals surface area contributed by atoms with Crippen molar-refractivity contribution in [2.24, 2.45) is 5.41 Å². The summed E-state index contributed by atoms with van der Waals surface area (Å²) in [5.74, 6) is 0. The fourth-order valence-corrected chi connectivity index (χ4v) is 3.33. The quantitative estimate of drug-likeness (QED) is 0.812. The zero-order valence-electron chi connectivity index (χ0n) is 14.3. The summed E-state index contributed by atoms with van der Waals surface area (Å²) in [6, 6.07) is 4.81. The first-order valence-corrected chi connectivity index (χ1v) is 8.47. The minimum Gasteiger partial charge on any atom is -0.393 e. The van der Waals surface area contributed by atoms with Gasteiger partial charge in [0.1, 0.15) is 0 Å². The fraction of sp³-hybridized carbons (Fsp3) is 0.722. The molecule has 1 aromatic rings. The van der Waals surface area contributed by atoms with Gasteiger partial charge in [-0.25, -0.2) is 0 Å². The minimum atomic E-state index is -0.223. The molecule has 0 aromatic carbocycles. The molecule has 0 saturated carbocycles. The van der Waals surface area contributed by atoms with Gasteiger partial charge in [0.2, 0.25) is 0 Å². The van der Waals surface area contributed by atoms with E-state index in [2.05, 4.69) is 41.2 Å². The first kappa shape index (κ1) is 17.4. The summed E-state index contributed by atoms with van der Waals surface area (Å²) in [4.78, 5) is 6.59. The van der Waals surface area contributed by atoms with E-state index < -0.39 is 0 Å². The zero-order valence-corrected chi connectivity index (χ0v) is 14.3. The second kappa shape index (κ2) is 8.04. The SMILES string of the molecule is CC(O)CC(C)(C)CNC1CCN(Cc2ccncc2)CC1. The summed E-state index contributed by atoms with van der Waals surface area (Å²) in [5.41, 5.74) is 1.50. The van der Waals surface area contributed by atoms with Crippen LogP contribution in [0.1, 0.15) is 45.6 Å². The van der Waals surface area contributed by atoms with Crippen LogP contribution in [0.5, 0.6) is 0 Å². The normalized spacial score (nSPS) is 19.3. The van der Waals surface area contributed by atoms with E-state index in [1.165, 1.54) is 18.4 Å². The molecule has 22 heavy (non-hydrogen) atoms. The summed E-state index contributed by atoms with van der Waals surface area (Å²) >= 11 is 0. The van der Waals surface area contributed by atoms with E-state index in [0.717, 1.165) is 32.6 Å². The second-order valence-corrected chi connectivity index (χ2v) is 7.50. The summed E-state index contributed by atoms with van der Waals surface area (Å²) in [7, 11) is 0. The molecule has 2 N–H and O–H groups in total. The molecular weight excluding hydrogens is 274 g/mol. The van der Waals surface area contributed by atoms with E-state index >= 15 is 0 Å². The molecule has 1 aromatic heterocycles. The van der Waals surface area contributed by atoms with Crippen LogP contribution in [0.25, 0.3) is 0 Å². The topological polar surface area (TPSA) is 48.4 Å². The lowest BCUT2D eigenvalue weighted by atomic mass is 9.86. The predicted molar refractivity (Wildman–Crippen MR) is 90.6 cm³/mol. The molecule has 1 unspecified atom stereocenters. The van der Waals surface area contributed by atoms with Crippen LogP contribution in [-0.4, -0.2) is 46.8 Å². The highest BCUT2D eigenvalue weighted by molar-refractivity contribution is 5.09. The molecule has 124 valence electrons. The number of pyridine rings is 1. The van der Waals surface area contributed by atoms with Crippen molar-refractivity contribution in [2.45, 2.75) is 58.7 Å². The van der Waals surface area contributed by atoms with Gasteiger partial charge in [-0.1, -0.05) is 13.8 Å². The maximum Gasteiger partial charge on any atom is 0.0517 e. The number of nitrogens with zero attached hydrogens (tertiary/aromatic N) is 2. The maximum absolute atomic E-state index is 9.56. The van der Waals surface area contributed by atoms with Gasteiger partial charge in [-0.2, -0.15) is 0 Å². The average molecular weight is 305 g/mol. The lowest BCUT2D eigenvalue weighted by molar-refractivity contribution is 0.121. The number of hydrogen-bond donors (Lipinski definition) is 2. The second-order valence-electron chi connectivity index (χ2n) is 7.50. The number of hydrogen-bond acceptors (Lipinski definition) is 4. The van der Waals surface area contributed by atoms with E-state index in [0.29, 0.717) is 6.04 Å². The van der Waals surface area contributed by atoms with Crippen molar-refractivity contribution < 1.29 is 5.11 Å². The van der Waals surface area contributed by atoms with Crippen LogP contribution in [0.4, 0.5) is 0 Å². The number of nitrogens with one attached hydrogen (secondary N) is 1. The number of aromatic nitrogens is 1. The number of aliphatic hydroxyl groups is 1. The van der Waals surface area contributed by atoms with Gasteiger partial charge in [0, 0.05) is 31.5 Å². The van der Waals surface area contributed by atoms with E-state index in [1.54, 1.807) is 0 Å². The van der Waals surface area contributed by atoms with E-state index in [1.807, 2.05) is 19.3 Å². The number of likely N-dealkylation sites (tertiary alicyclic amines) is 1. The Labute approximate surface area is 134 Å². The highest BCUT2D eigenvalue weighted by Gasteiger charge is 2.24. The fourth-order valence-electron chi connectivity index (χ4n) is 3.33. The van der Waals surface area contributed by atoms with Gasteiger partial charge in [0.15, 0.2) is 0 Å². The third-order valence-electron chi connectivity index (χ3n) is 4.46. The highest BCUT2D eigenvalue weighted by Crippen LogP contribution is 2.22. The number of piperidine rings is 1. The molecule has 1 saturated heterocycles. The molecule has 2 rings (SSSR count). The molecule has 0 spiro atoms. The Hall–Kier alpha value is -0.970.